The van der Waals surface area contributed by atoms with Crippen molar-refractivity contribution in [2.75, 3.05) is 0 Å². The maximum Gasteiger partial charge on any atom is 0.192 e. The Kier molecular flexibility index (Phi) is 2.76. The molecule has 0 amide bonds. The smallest absolute Gasteiger partial charge is 0.192 e. The van der Waals surface area contributed by atoms with E-state index in [1.165, 1.54) is 5.56 Å². The minimum atomic E-state index is 0.357. The number of nitrogens with zero attached hydrogens (tertiary/aromatic N) is 1. The third kappa shape index (κ3) is 2.12. The highest BCUT2D eigenvalue weighted by molar-refractivity contribution is 9.09. The molecule has 0 aromatic heterocycles. The zero-order valence-corrected chi connectivity index (χ0v) is 7.80. The fourth-order valence-corrected chi connectivity index (χ4v) is 1.13. The molecule has 1 N–H and O–H groups in total. The normalized spacial score (nSPS) is 12.5. The first-order chi connectivity index (χ1) is 5.24. The summed E-state index contributed by atoms with van der Waals surface area (Å²) in [6.07, 6.45) is 0. The van der Waals surface area contributed by atoms with E-state index in [0.29, 0.717) is 10.5 Å². The average molecular weight is 213 g/mol. The number of rotatable bonds is 2. The molecule has 0 fully saturated rings. The Bertz CT molecular complexity index is 241. The molecule has 1 rings (SSSR count). The van der Waals surface area contributed by atoms with Crippen LogP contribution in [0.25, 0.3) is 5.53 Å². The number of alkyl halides is 1. The van der Waals surface area contributed by atoms with E-state index in [9.17, 15) is 0 Å². The van der Waals surface area contributed by atoms with Crippen LogP contribution in [0.3, 0.4) is 0 Å². The quantitative estimate of drug-likeness (QED) is 0.575. The molecule has 0 aliphatic heterocycles. The molecule has 2 nitrogen and oxygen atoms in total. The lowest BCUT2D eigenvalue weighted by Crippen LogP contribution is -2.54. The second-order valence-electron chi connectivity index (χ2n) is 2.35. The van der Waals surface area contributed by atoms with Crippen molar-refractivity contribution < 1.29 is 5.11 Å². The van der Waals surface area contributed by atoms with E-state index in [2.05, 4.69) is 28.0 Å². The molecule has 0 saturated heterocycles. The number of hydrogen-bond donors (Lipinski definition) is 1. The Balaban J connectivity index is 2.91. The van der Waals surface area contributed by atoms with Gasteiger partial charge in [0.05, 0.1) is 0 Å². The van der Waals surface area contributed by atoms with E-state index < -0.39 is 0 Å². The van der Waals surface area contributed by atoms with Crippen LogP contribution in [0.4, 0.5) is 5.69 Å². The van der Waals surface area contributed by atoms with Crippen LogP contribution in [-0.2, 0) is 0 Å². The topological polar surface area (TPSA) is 36.3 Å². The minimum Gasteiger partial charge on any atom is -0.502 e. The van der Waals surface area contributed by atoms with Crippen LogP contribution in [0.5, 0.6) is 0 Å². The van der Waals surface area contributed by atoms with Gasteiger partial charge in [0, 0.05) is 17.0 Å². The van der Waals surface area contributed by atoms with E-state index in [1.807, 2.05) is 24.3 Å². The molecule has 0 radical (unpaired) electrons. The molecule has 58 valence electrons. The van der Waals surface area contributed by atoms with Crippen molar-refractivity contribution in [3.8, 4) is 0 Å². The summed E-state index contributed by atoms with van der Waals surface area (Å²) in [4.78, 5) is 0.357. The largest absolute Gasteiger partial charge is 0.502 e. The summed E-state index contributed by atoms with van der Waals surface area (Å²) in [7, 11) is 0. The van der Waals surface area contributed by atoms with Crippen LogP contribution in [-0.4, -0.2) is 0 Å². The summed E-state index contributed by atoms with van der Waals surface area (Å²) >= 11 is 3.45. The van der Waals surface area contributed by atoms with Crippen molar-refractivity contribution in [2.45, 2.75) is 11.8 Å². The molecule has 0 aliphatic carbocycles. The lowest BCUT2D eigenvalue weighted by atomic mass is 10.1. The van der Waals surface area contributed by atoms with Crippen molar-refractivity contribution in [2.24, 2.45) is 0 Å². The molecule has 1 unspecified atom stereocenters. The highest BCUT2D eigenvalue weighted by Gasteiger charge is 1.99. The zero-order valence-electron chi connectivity index (χ0n) is 6.21. The monoisotopic (exact) mass is 212 g/mol. The first-order valence-electron chi connectivity index (χ1n) is 3.38. The van der Waals surface area contributed by atoms with Gasteiger partial charge in [0.25, 0.3) is 0 Å². The molecular weight excluding hydrogens is 204 g/mol. The van der Waals surface area contributed by atoms with E-state index >= 15 is 0 Å². The zero-order chi connectivity index (χ0) is 8.27. The third-order valence-electron chi connectivity index (χ3n) is 1.50. The van der Waals surface area contributed by atoms with Crippen LogP contribution < -0.4 is 5.11 Å². The summed E-state index contributed by atoms with van der Waals surface area (Å²) in [6, 6.07) is 7.57. The molecular formula is C8H9BrN2. The van der Waals surface area contributed by atoms with Crippen LogP contribution in [0.15, 0.2) is 24.3 Å². The van der Waals surface area contributed by atoms with Crippen LogP contribution >= 0.6 is 15.9 Å². The van der Waals surface area contributed by atoms with Crippen LogP contribution in [0, 0.1) is 0 Å². The first kappa shape index (κ1) is 8.40. The van der Waals surface area contributed by atoms with Crippen molar-refractivity contribution in [3.05, 3.63) is 35.4 Å². The summed E-state index contributed by atoms with van der Waals surface area (Å²) in [6.45, 7) is 2.06. The molecule has 11 heavy (non-hydrogen) atoms. The maximum atomic E-state index is 8.51. The molecule has 0 bridgehead atoms. The fraction of sp³-hybridized carbons (Fsp3) is 0.250. The van der Waals surface area contributed by atoms with Gasteiger partial charge in [-0.25, -0.2) is 0 Å². The van der Waals surface area contributed by atoms with E-state index in [-0.39, 0.29) is 0 Å². The van der Waals surface area contributed by atoms with Crippen LogP contribution in [0.2, 0.25) is 0 Å². The van der Waals surface area contributed by atoms with Crippen molar-refractivity contribution >= 4 is 21.6 Å². The Morgan fingerprint density at radius 2 is 1.91 bits per heavy atom. The van der Waals surface area contributed by atoms with Crippen molar-refractivity contribution in [1.82, 2.24) is 0 Å². The highest BCUT2D eigenvalue weighted by Crippen LogP contribution is 2.21. The van der Waals surface area contributed by atoms with Gasteiger partial charge >= 0.3 is 0 Å². The number of hydrogen-bond acceptors (Lipinski definition) is 0. The Morgan fingerprint density at radius 3 is 2.27 bits per heavy atom. The minimum absolute atomic E-state index is 0.357. The summed E-state index contributed by atoms with van der Waals surface area (Å²) in [5.41, 5.74) is 10.4. The van der Waals surface area contributed by atoms with Gasteiger partial charge in [0.1, 0.15) is 0 Å². The summed E-state index contributed by atoms with van der Waals surface area (Å²) in [5.74, 6) is 0. The third-order valence-corrected chi connectivity index (χ3v) is 2.03. The van der Waals surface area contributed by atoms with Gasteiger partial charge in [-0.2, -0.15) is 0 Å². The molecule has 1 aromatic rings. The van der Waals surface area contributed by atoms with Gasteiger partial charge in [-0.15, -0.1) is 0 Å². The first-order valence-corrected chi connectivity index (χ1v) is 4.29. The summed E-state index contributed by atoms with van der Waals surface area (Å²) < 4.78 is 0. The van der Waals surface area contributed by atoms with Gasteiger partial charge in [-0.3, -0.25) is 5.11 Å². The number of nitrogens with one attached hydrogen (secondary N) is 1. The van der Waals surface area contributed by atoms with Gasteiger partial charge in [0.15, 0.2) is 5.69 Å². The predicted molar refractivity (Wildman–Crippen MR) is 47.8 cm³/mol. The average Bonchev–Trinajstić information content (AvgIpc) is 2.05. The molecule has 0 spiro atoms. The van der Waals surface area contributed by atoms with E-state index in [1.54, 1.807) is 0 Å². The Morgan fingerprint density at radius 1 is 1.36 bits per heavy atom. The molecule has 1 atom stereocenters. The second-order valence-corrected chi connectivity index (χ2v) is 3.72. The van der Waals surface area contributed by atoms with Gasteiger partial charge in [-0.05, 0) is 12.5 Å². The standard InChI is InChI=1S/C8H9BrN2/c1-6(9)7-2-4-8(11-10)5-3-7/h2-6,11H,1H3. The van der Waals surface area contributed by atoms with E-state index in [0.717, 1.165) is 0 Å². The summed E-state index contributed by atoms with van der Waals surface area (Å²) in [5, 5.41) is 2.08. The Hall–Kier alpha value is -0.700. The molecule has 0 heterocycles. The number of halogens is 1. The second kappa shape index (κ2) is 3.62. The SMILES string of the molecule is CC(Br)c1ccc([NH+]=[N-])cc1. The van der Waals surface area contributed by atoms with Gasteiger partial charge < -0.3 is 5.53 Å². The van der Waals surface area contributed by atoms with E-state index in [4.69, 9.17) is 5.53 Å². The van der Waals surface area contributed by atoms with Gasteiger partial charge in [0.2, 0.25) is 0 Å². The molecule has 0 saturated carbocycles. The highest BCUT2D eigenvalue weighted by atomic mass is 79.9. The lowest BCUT2D eigenvalue weighted by molar-refractivity contribution is -0.379. The Labute approximate surface area is 74.3 Å². The maximum absolute atomic E-state index is 8.51. The van der Waals surface area contributed by atoms with Crippen molar-refractivity contribution in [1.29, 1.82) is 0 Å². The molecule has 3 heteroatoms. The molecule has 1 aromatic carbocycles. The lowest BCUT2D eigenvalue weighted by Gasteiger charge is -2.01. The predicted octanol–water partition coefficient (Wildman–Crippen LogP) is 1.88. The fourth-order valence-electron chi connectivity index (χ4n) is 0.823. The van der Waals surface area contributed by atoms with Crippen molar-refractivity contribution in [3.63, 3.8) is 0 Å². The van der Waals surface area contributed by atoms with Crippen LogP contribution in [0.1, 0.15) is 17.3 Å². The number of benzene rings is 1. The molecule has 0 aliphatic rings. The van der Waals surface area contributed by atoms with Gasteiger partial charge in [-0.1, -0.05) is 28.1 Å².